The highest BCUT2D eigenvalue weighted by Gasteiger charge is 2.32. The summed E-state index contributed by atoms with van der Waals surface area (Å²) < 4.78 is 53.4. The Kier molecular flexibility index (Phi) is 7.04. The van der Waals surface area contributed by atoms with Gasteiger partial charge >= 0.3 is 0 Å². The van der Waals surface area contributed by atoms with Crippen LogP contribution in [0.25, 0.3) is 0 Å². The van der Waals surface area contributed by atoms with E-state index in [1.807, 2.05) is 30.3 Å². The second-order valence-corrected chi connectivity index (χ2v) is 7.70. The Labute approximate surface area is 179 Å². The van der Waals surface area contributed by atoms with Crippen molar-refractivity contribution >= 4 is 35.0 Å². The number of hydrogen-bond donors (Lipinski definition) is 1. The molecule has 1 heterocycles. The molecule has 10 heteroatoms. The van der Waals surface area contributed by atoms with Gasteiger partial charge in [0.05, 0.1) is 10.7 Å². The minimum Gasteiger partial charge on any atom is -0.323 e. The number of halogens is 5. The van der Waals surface area contributed by atoms with Gasteiger partial charge in [-0.25, -0.2) is 22.2 Å². The Balaban J connectivity index is 1.86. The number of alkyl halides is 4. The number of carbonyl (C=O) groups is 1. The van der Waals surface area contributed by atoms with Crippen molar-refractivity contribution in [2.24, 2.45) is 0 Å². The summed E-state index contributed by atoms with van der Waals surface area (Å²) in [5.74, 6) is -0.696. The highest BCUT2D eigenvalue weighted by atomic mass is 35.5. The molecular weight excluding hydrogens is 442 g/mol. The molecule has 30 heavy (non-hydrogen) atoms. The number of hydrogen-bond acceptors (Lipinski definition) is 3. The largest absolute Gasteiger partial charge is 0.323 e. The summed E-state index contributed by atoms with van der Waals surface area (Å²) in [6.07, 6.45) is -6.32. The lowest BCUT2D eigenvalue weighted by Crippen LogP contribution is -2.26. The summed E-state index contributed by atoms with van der Waals surface area (Å²) in [4.78, 5) is 14.4. The summed E-state index contributed by atoms with van der Waals surface area (Å²) in [5, 5.41) is 5.30. The molecule has 158 valence electrons. The summed E-state index contributed by atoms with van der Waals surface area (Å²) in [7, 11) is 0. The molecule has 0 saturated carbocycles. The van der Waals surface area contributed by atoms with E-state index in [1.165, 1.54) is 18.7 Å². The number of anilines is 1. The lowest BCUT2D eigenvalue weighted by atomic mass is 10.2. The summed E-state index contributed by atoms with van der Waals surface area (Å²) in [6, 6.07) is 15.1. The van der Waals surface area contributed by atoms with Gasteiger partial charge in [-0.2, -0.15) is 5.10 Å². The van der Waals surface area contributed by atoms with E-state index >= 15 is 0 Å². The quantitative estimate of drug-likeness (QED) is 0.398. The topological polar surface area (TPSA) is 46.9 Å². The van der Waals surface area contributed by atoms with Gasteiger partial charge in [-0.15, -0.1) is 0 Å². The molecule has 3 aromatic rings. The van der Waals surface area contributed by atoms with Crippen molar-refractivity contribution in [2.75, 3.05) is 5.32 Å². The molecule has 4 nitrogen and oxygen atoms in total. The van der Waals surface area contributed by atoms with Gasteiger partial charge in [0.2, 0.25) is 5.91 Å². The number of nitrogens with one attached hydrogen (secondary N) is 1. The van der Waals surface area contributed by atoms with E-state index in [-0.39, 0.29) is 0 Å². The minimum absolute atomic E-state index is 0.453. The number of aromatic nitrogens is 2. The molecular formula is C20H16ClF4N3OS. The third-order valence-corrected chi connectivity index (χ3v) is 5.66. The molecule has 0 saturated heterocycles. The molecule has 1 unspecified atom stereocenters. The van der Waals surface area contributed by atoms with Crippen molar-refractivity contribution in [1.29, 1.82) is 0 Å². The van der Waals surface area contributed by atoms with Crippen molar-refractivity contribution in [1.82, 2.24) is 9.78 Å². The third-order valence-electron chi connectivity index (χ3n) is 4.19. The van der Waals surface area contributed by atoms with Gasteiger partial charge in [0.25, 0.3) is 12.9 Å². The van der Waals surface area contributed by atoms with Gasteiger partial charge in [-0.3, -0.25) is 4.79 Å². The Morgan fingerprint density at radius 1 is 1.03 bits per heavy atom. The first kappa shape index (κ1) is 22.2. The summed E-state index contributed by atoms with van der Waals surface area (Å²) in [5.41, 5.74) is -1.44. The molecule has 0 fully saturated rings. The Hall–Kier alpha value is -2.52. The van der Waals surface area contributed by atoms with Crippen molar-refractivity contribution in [3.8, 4) is 0 Å². The van der Waals surface area contributed by atoms with Crippen molar-refractivity contribution in [2.45, 2.75) is 35.6 Å². The van der Waals surface area contributed by atoms with Crippen molar-refractivity contribution in [3.63, 3.8) is 0 Å². The first-order valence-electron chi connectivity index (χ1n) is 8.76. The van der Waals surface area contributed by atoms with Crippen LogP contribution in [-0.4, -0.2) is 15.7 Å². The van der Waals surface area contributed by atoms with Crippen LogP contribution in [0, 0.1) is 0 Å². The second kappa shape index (κ2) is 9.53. The zero-order valence-corrected chi connectivity index (χ0v) is 17.1. The zero-order valence-electron chi connectivity index (χ0n) is 15.5. The van der Waals surface area contributed by atoms with Crippen LogP contribution in [0.1, 0.15) is 37.2 Å². The maximum atomic E-state index is 13.4. The van der Waals surface area contributed by atoms with E-state index in [0.29, 0.717) is 10.4 Å². The van der Waals surface area contributed by atoms with Crippen molar-refractivity contribution < 1.29 is 22.4 Å². The zero-order chi connectivity index (χ0) is 21.8. The predicted octanol–water partition coefficient (Wildman–Crippen LogP) is 6.76. The minimum atomic E-state index is -3.17. The molecule has 1 atom stereocenters. The highest BCUT2D eigenvalue weighted by molar-refractivity contribution is 7.99. The molecule has 0 aliphatic carbocycles. The van der Waals surface area contributed by atoms with Crippen LogP contribution in [0.15, 0.2) is 64.4 Å². The molecule has 0 aliphatic rings. The normalized spacial score (nSPS) is 12.4. The Bertz CT molecular complexity index is 1030. The Morgan fingerprint density at radius 2 is 1.67 bits per heavy atom. The number of amides is 1. The maximum Gasteiger partial charge on any atom is 0.283 e. The standard InChI is InChI=1S/C20H16ClF4N3OS/c1-11(28-17(19(24)25)15(21)16(27-28)18(22)23)20(29)26-13-9-5-6-10-14(13)30-12-7-3-2-4-8-12/h2-11,18-19H,1H3,(H,26,29). The van der Waals surface area contributed by atoms with Crippen LogP contribution in [0.4, 0.5) is 23.2 Å². The van der Waals surface area contributed by atoms with E-state index in [1.54, 1.807) is 24.3 Å². The number of nitrogens with zero attached hydrogens (tertiary/aromatic N) is 2. The smallest absolute Gasteiger partial charge is 0.283 e. The summed E-state index contributed by atoms with van der Waals surface area (Å²) >= 11 is 7.07. The van der Waals surface area contributed by atoms with Crippen LogP contribution in [0.5, 0.6) is 0 Å². The molecule has 1 amide bonds. The van der Waals surface area contributed by atoms with E-state index in [4.69, 9.17) is 11.6 Å². The highest BCUT2D eigenvalue weighted by Crippen LogP contribution is 2.37. The number of rotatable bonds is 7. The van der Waals surface area contributed by atoms with Gasteiger partial charge in [0.15, 0.2) is 0 Å². The van der Waals surface area contributed by atoms with Gasteiger partial charge in [-0.05, 0) is 31.2 Å². The van der Waals surface area contributed by atoms with Gasteiger partial charge in [0.1, 0.15) is 17.4 Å². The lowest BCUT2D eigenvalue weighted by molar-refractivity contribution is -0.119. The van der Waals surface area contributed by atoms with Gasteiger partial charge < -0.3 is 5.32 Å². The second-order valence-electron chi connectivity index (χ2n) is 6.21. The van der Waals surface area contributed by atoms with Crippen LogP contribution in [-0.2, 0) is 4.79 Å². The van der Waals surface area contributed by atoms with E-state index in [0.717, 1.165) is 9.79 Å². The fourth-order valence-corrected chi connectivity index (χ4v) is 3.91. The molecule has 0 aliphatic heterocycles. The molecule has 0 bridgehead atoms. The van der Waals surface area contributed by atoms with Crippen LogP contribution < -0.4 is 5.32 Å². The monoisotopic (exact) mass is 457 g/mol. The van der Waals surface area contributed by atoms with Crippen LogP contribution in [0.2, 0.25) is 5.02 Å². The van der Waals surface area contributed by atoms with Gasteiger partial charge in [0, 0.05) is 9.79 Å². The molecule has 2 aromatic carbocycles. The first-order chi connectivity index (χ1) is 14.3. The molecule has 3 rings (SSSR count). The van der Waals surface area contributed by atoms with E-state index in [9.17, 15) is 22.4 Å². The third kappa shape index (κ3) is 4.79. The maximum absolute atomic E-state index is 13.4. The number of benzene rings is 2. The molecule has 0 spiro atoms. The SMILES string of the molecule is CC(C(=O)Nc1ccccc1Sc1ccccc1)n1nc(C(F)F)c(Cl)c1C(F)F. The molecule has 0 radical (unpaired) electrons. The fraction of sp³-hybridized carbons (Fsp3) is 0.200. The van der Waals surface area contributed by atoms with Gasteiger partial charge in [-0.1, -0.05) is 53.7 Å². The number of carbonyl (C=O) groups excluding carboxylic acids is 1. The predicted molar refractivity (Wildman–Crippen MR) is 107 cm³/mol. The van der Waals surface area contributed by atoms with E-state index in [2.05, 4.69) is 10.4 Å². The molecule has 1 N–H and O–H groups in total. The fourth-order valence-electron chi connectivity index (χ4n) is 2.70. The number of para-hydroxylation sites is 1. The average Bonchev–Trinajstić information content (AvgIpc) is 3.07. The molecule has 1 aromatic heterocycles. The van der Waals surface area contributed by atoms with E-state index < -0.39 is 41.2 Å². The first-order valence-corrected chi connectivity index (χ1v) is 9.96. The van der Waals surface area contributed by atoms with Crippen LogP contribution in [0.3, 0.4) is 0 Å². The van der Waals surface area contributed by atoms with Crippen LogP contribution >= 0.6 is 23.4 Å². The average molecular weight is 458 g/mol. The summed E-state index contributed by atoms with van der Waals surface area (Å²) in [6.45, 7) is 1.28. The lowest BCUT2D eigenvalue weighted by Gasteiger charge is -2.17. The van der Waals surface area contributed by atoms with Crippen molar-refractivity contribution in [3.05, 3.63) is 71.0 Å². The Morgan fingerprint density at radius 3 is 2.30 bits per heavy atom.